The number of azide groups is 1. The predicted octanol–water partition coefficient (Wildman–Crippen LogP) is 1.39. The molecule has 0 rings (SSSR count). The van der Waals surface area contributed by atoms with Crippen molar-refractivity contribution in [3.05, 3.63) is 10.4 Å². The quantitative estimate of drug-likeness (QED) is 0.434. The van der Waals surface area contributed by atoms with Crippen molar-refractivity contribution in [2.45, 2.75) is 26.4 Å². The van der Waals surface area contributed by atoms with Gasteiger partial charge in [0, 0.05) is 4.91 Å². The fourth-order valence-electron chi connectivity index (χ4n) is 0.651. The smallest absolute Gasteiger partial charge is 0.408 e. The zero-order valence-electron chi connectivity index (χ0n) is 8.98. The number of amides is 1. The van der Waals surface area contributed by atoms with Crippen molar-refractivity contribution in [3.63, 3.8) is 0 Å². The standard InChI is InChI=1S/C8H14N4O3/c1-8(2,3)15-7(14)10-4-6(13)5-11-12-9/h4-5H2,1-3H3,(H,10,14). The second-order valence-corrected chi connectivity index (χ2v) is 3.78. The number of alkyl carbamates (subject to hydrolysis) is 1. The predicted molar refractivity (Wildman–Crippen MR) is 53.3 cm³/mol. The Labute approximate surface area is 87.4 Å². The van der Waals surface area contributed by atoms with Gasteiger partial charge in [0.1, 0.15) is 5.60 Å². The van der Waals surface area contributed by atoms with E-state index in [1.54, 1.807) is 20.8 Å². The van der Waals surface area contributed by atoms with Crippen LogP contribution in [0.4, 0.5) is 4.79 Å². The van der Waals surface area contributed by atoms with Gasteiger partial charge in [-0.1, -0.05) is 5.11 Å². The van der Waals surface area contributed by atoms with Gasteiger partial charge in [0.2, 0.25) is 0 Å². The van der Waals surface area contributed by atoms with E-state index in [2.05, 4.69) is 15.3 Å². The minimum atomic E-state index is -0.670. The fraction of sp³-hybridized carbons (Fsp3) is 0.750. The van der Waals surface area contributed by atoms with Crippen LogP contribution in [0.2, 0.25) is 0 Å². The van der Waals surface area contributed by atoms with E-state index in [0.29, 0.717) is 0 Å². The SMILES string of the molecule is CC(C)(C)OC(=O)NCC(=O)CN=[N+]=[N-]. The number of ketones is 1. The first-order chi connectivity index (χ1) is 6.85. The van der Waals surface area contributed by atoms with E-state index in [4.69, 9.17) is 10.3 Å². The Morgan fingerprint density at radius 1 is 1.47 bits per heavy atom. The molecule has 0 heterocycles. The number of hydrogen-bond donors (Lipinski definition) is 1. The number of nitrogens with one attached hydrogen (secondary N) is 1. The molecule has 0 bridgehead atoms. The Kier molecular flexibility index (Phi) is 5.19. The maximum atomic E-state index is 11.0. The molecular weight excluding hydrogens is 200 g/mol. The van der Waals surface area contributed by atoms with Crippen LogP contribution in [0, 0.1) is 0 Å². The summed E-state index contributed by atoms with van der Waals surface area (Å²) in [5.41, 5.74) is 7.34. The highest BCUT2D eigenvalue weighted by Crippen LogP contribution is 2.05. The van der Waals surface area contributed by atoms with E-state index in [0.717, 1.165) is 0 Å². The summed E-state index contributed by atoms with van der Waals surface area (Å²) in [6, 6.07) is 0. The summed E-state index contributed by atoms with van der Waals surface area (Å²) in [5.74, 6) is -0.376. The van der Waals surface area contributed by atoms with Crippen LogP contribution in [0.15, 0.2) is 5.11 Å². The molecule has 0 radical (unpaired) electrons. The summed E-state index contributed by atoms with van der Waals surface area (Å²) in [5, 5.41) is 5.32. The van der Waals surface area contributed by atoms with Crippen LogP contribution in [0.3, 0.4) is 0 Å². The Morgan fingerprint density at radius 3 is 2.53 bits per heavy atom. The first-order valence-electron chi connectivity index (χ1n) is 4.34. The molecule has 0 aromatic rings. The normalized spacial score (nSPS) is 10.1. The molecule has 0 atom stereocenters. The number of nitrogens with zero attached hydrogens (tertiary/aromatic N) is 3. The van der Waals surface area contributed by atoms with Gasteiger partial charge in [-0.2, -0.15) is 0 Å². The first kappa shape index (κ1) is 13.2. The molecule has 0 aromatic carbocycles. The minimum absolute atomic E-state index is 0.200. The lowest BCUT2D eigenvalue weighted by molar-refractivity contribution is -0.116. The molecule has 0 aromatic heterocycles. The molecule has 0 fully saturated rings. The zero-order valence-corrected chi connectivity index (χ0v) is 8.98. The number of hydrogen-bond acceptors (Lipinski definition) is 4. The van der Waals surface area contributed by atoms with E-state index in [-0.39, 0.29) is 18.9 Å². The third-order valence-corrected chi connectivity index (χ3v) is 1.14. The Hall–Kier alpha value is -1.75. The maximum Gasteiger partial charge on any atom is 0.408 e. The van der Waals surface area contributed by atoms with E-state index >= 15 is 0 Å². The van der Waals surface area contributed by atoms with Crippen LogP contribution < -0.4 is 5.32 Å². The number of Topliss-reactive ketones (excluding diaryl/α,β-unsaturated/α-hetero) is 1. The van der Waals surface area contributed by atoms with E-state index < -0.39 is 11.7 Å². The average molecular weight is 214 g/mol. The van der Waals surface area contributed by atoms with Gasteiger partial charge in [0.05, 0.1) is 13.1 Å². The fourth-order valence-corrected chi connectivity index (χ4v) is 0.651. The van der Waals surface area contributed by atoms with Crippen molar-refractivity contribution in [2.24, 2.45) is 5.11 Å². The second-order valence-electron chi connectivity index (χ2n) is 3.78. The van der Waals surface area contributed by atoms with Gasteiger partial charge in [0.15, 0.2) is 5.78 Å². The lowest BCUT2D eigenvalue weighted by atomic mass is 10.2. The Morgan fingerprint density at radius 2 is 2.07 bits per heavy atom. The lowest BCUT2D eigenvalue weighted by Crippen LogP contribution is -2.36. The van der Waals surface area contributed by atoms with Gasteiger partial charge in [-0.15, -0.1) is 0 Å². The summed E-state index contributed by atoms with van der Waals surface area (Å²) in [6.45, 7) is 4.68. The molecule has 1 N–H and O–H groups in total. The van der Waals surface area contributed by atoms with Crippen molar-refractivity contribution in [2.75, 3.05) is 13.1 Å². The largest absolute Gasteiger partial charge is 0.444 e. The van der Waals surface area contributed by atoms with Gasteiger partial charge in [-0.05, 0) is 26.3 Å². The molecular formula is C8H14N4O3. The molecule has 0 aliphatic heterocycles. The highest BCUT2D eigenvalue weighted by Gasteiger charge is 2.16. The molecule has 0 saturated heterocycles. The third-order valence-electron chi connectivity index (χ3n) is 1.14. The van der Waals surface area contributed by atoms with Crippen molar-refractivity contribution in [1.82, 2.24) is 5.32 Å². The highest BCUT2D eigenvalue weighted by atomic mass is 16.6. The third kappa shape index (κ3) is 8.58. The number of carbonyl (C=O) groups is 2. The second kappa shape index (κ2) is 5.87. The Balaban J connectivity index is 3.81. The molecule has 7 nitrogen and oxygen atoms in total. The van der Waals surface area contributed by atoms with Crippen molar-refractivity contribution < 1.29 is 14.3 Å². The molecule has 0 aliphatic carbocycles. The molecule has 15 heavy (non-hydrogen) atoms. The molecule has 84 valence electrons. The van der Waals surface area contributed by atoms with E-state index in [1.807, 2.05) is 0 Å². The number of carbonyl (C=O) groups excluding carboxylic acids is 2. The van der Waals surface area contributed by atoms with Crippen molar-refractivity contribution >= 4 is 11.9 Å². The van der Waals surface area contributed by atoms with Crippen LogP contribution in [0.1, 0.15) is 20.8 Å². The monoisotopic (exact) mass is 214 g/mol. The van der Waals surface area contributed by atoms with Crippen LogP contribution in [-0.2, 0) is 9.53 Å². The van der Waals surface area contributed by atoms with E-state index in [9.17, 15) is 9.59 Å². The van der Waals surface area contributed by atoms with Crippen LogP contribution in [0.5, 0.6) is 0 Å². The molecule has 0 unspecified atom stereocenters. The van der Waals surface area contributed by atoms with Crippen molar-refractivity contribution in [3.8, 4) is 0 Å². The molecule has 7 heteroatoms. The van der Waals surface area contributed by atoms with E-state index in [1.165, 1.54) is 0 Å². The van der Waals surface area contributed by atoms with Gasteiger partial charge in [-0.25, -0.2) is 4.79 Å². The summed E-state index contributed by atoms with van der Waals surface area (Å²) >= 11 is 0. The van der Waals surface area contributed by atoms with Gasteiger partial charge >= 0.3 is 6.09 Å². The zero-order chi connectivity index (χ0) is 11.9. The van der Waals surface area contributed by atoms with Gasteiger partial charge < -0.3 is 10.1 Å². The van der Waals surface area contributed by atoms with Crippen LogP contribution in [-0.4, -0.2) is 30.6 Å². The van der Waals surface area contributed by atoms with Crippen LogP contribution in [0.25, 0.3) is 10.4 Å². The van der Waals surface area contributed by atoms with Crippen LogP contribution >= 0.6 is 0 Å². The lowest BCUT2D eigenvalue weighted by Gasteiger charge is -2.19. The summed E-state index contributed by atoms with van der Waals surface area (Å²) in [6.07, 6.45) is -0.670. The summed E-state index contributed by atoms with van der Waals surface area (Å²) in [4.78, 5) is 24.4. The topological polar surface area (TPSA) is 104 Å². The summed E-state index contributed by atoms with van der Waals surface area (Å²) in [7, 11) is 0. The molecule has 0 spiro atoms. The average Bonchev–Trinajstić information content (AvgIpc) is 2.08. The first-order valence-corrected chi connectivity index (χ1v) is 4.34. The van der Waals surface area contributed by atoms with Gasteiger partial charge in [-0.3, -0.25) is 4.79 Å². The van der Waals surface area contributed by atoms with Crippen molar-refractivity contribution in [1.29, 1.82) is 0 Å². The summed E-state index contributed by atoms with van der Waals surface area (Å²) < 4.78 is 4.89. The molecule has 1 amide bonds. The highest BCUT2D eigenvalue weighted by molar-refractivity contribution is 5.85. The minimum Gasteiger partial charge on any atom is -0.444 e. The molecule has 0 saturated carbocycles. The Bertz CT molecular complexity index is 289. The maximum absolute atomic E-state index is 11.0. The number of rotatable bonds is 4. The number of ether oxygens (including phenoxy) is 1. The van der Waals surface area contributed by atoms with Gasteiger partial charge in [0.25, 0.3) is 0 Å². The molecule has 0 aliphatic rings.